The fourth-order valence-corrected chi connectivity index (χ4v) is 4.48. The van der Waals surface area contributed by atoms with E-state index in [2.05, 4.69) is 10.3 Å². The lowest BCUT2D eigenvalue weighted by Gasteiger charge is -2.10. The van der Waals surface area contributed by atoms with Crippen molar-refractivity contribution in [1.82, 2.24) is 4.98 Å². The van der Waals surface area contributed by atoms with Crippen LogP contribution in [0.5, 0.6) is 0 Å². The molecular formula is C24H18N2O4S. The number of thiazole rings is 1. The van der Waals surface area contributed by atoms with E-state index < -0.39 is 5.63 Å². The van der Waals surface area contributed by atoms with E-state index in [4.69, 9.17) is 8.83 Å². The highest BCUT2D eigenvalue weighted by atomic mass is 32.1. The quantitative estimate of drug-likeness (QED) is 0.383. The van der Waals surface area contributed by atoms with Crippen molar-refractivity contribution in [3.05, 3.63) is 81.3 Å². The van der Waals surface area contributed by atoms with Crippen LogP contribution >= 0.6 is 11.3 Å². The van der Waals surface area contributed by atoms with Crippen molar-refractivity contribution in [2.45, 2.75) is 20.3 Å². The van der Waals surface area contributed by atoms with Gasteiger partial charge in [-0.3, -0.25) is 4.79 Å². The van der Waals surface area contributed by atoms with Gasteiger partial charge >= 0.3 is 5.63 Å². The van der Waals surface area contributed by atoms with Gasteiger partial charge in [0.05, 0.1) is 23.6 Å². The summed E-state index contributed by atoms with van der Waals surface area (Å²) >= 11 is 1.32. The molecule has 0 bridgehead atoms. The van der Waals surface area contributed by atoms with Gasteiger partial charge in [-0.15, -0.1) is 11.3 Å². The number of rotatable bonds is 4. The highest BCUT2D eigenvalue weighted by molar-refractivity contribution is 7.13. The molecule has 31 heavy (non-hydrogen) atoms. The second-order valence-corrected chi connectivity index (χ2v) is 8.24. The number of carbonyl (C=O) groups is 1. The first-order valence-corrected chi connectivity index (χ1v) is 10.6. The number of fused-ring (bicyclic) bond motifs is 3. The molecule has 7 heteroatoms. The van der Waals surface area contributed by atoms with Crippen LogP contribution in [0, 0.1) is 13.8 Å². The van der Waals surface area contributed by atoms with E-state index >= 15 is 0 Å². The van der Waals surface area contributed by atoms with E-state index in [0.717, 1.165) is 22.1 Å². The number of hydrogen-bond acceptors (Lipinski definition) is 6. The van der Waals surface area contributed by atoms with Crippen molar-refractivity contribution >= 4 is 44.3 Å². The number of anilines is 1. The summed E-state index contributed by atoms with van der Waals surface area (Å²) in [5.74, 6) is -0.322. The Kier molecular flexibility index (Phi) is 4.67. The van der Waals surface area contributed by atoms with Gasteiger partial charge in [0.2, 0.25) is 5.91 Å². The number of nitrogens with one attached hydrogen (secondary N) is 1. The first kappa shape index (κ1) is 19.3. The van der Waals surface area contributed by atoms with Crippen LogP contribution in [-0.4, -0.2) is 10.9 Å². The summed E-state index contributed by atoms with van der Waals surface area (Å²) in [7, 11) is 0. The summed E-state index contributed by atoms with van der Waals surface area (Å²) in [4.78, 5) is 29.2. The molecule has 0 spiro atoms. The maximum Gasteiger partial charge on any atom is 0.340 e. The van der Waals surface area contributed by atoms with E-state index in [0.29, 0.717) is 32.8 Å². The number of benzene rings is 2. The zero-order valence-corrected chi connectivity index (χ0v) is 17.7. The summed E-state index contributed by atoms with van der Waals surface area (Å²) in [6.07, 6.45) is 3.23. The average molecular weight is 430 g/mol. The lowest BCUT2D eigenvalue weighted by atomic mass is 9.96. The molecule has 0 aliphatic heterocycles. The zero-order valence-electron chi connectivity index (χ0n) is 16.9. The number of carbonyl (C=O) groups excluding carboxylic acids is 1. The van der Waals surface area contributed by atoms with Crippen molar-refractivity contribution in [2.24, 2.45) is 0 Å². The van der Waals surface area contributed by atoms with Crippen LogP contribution in [0.3, 0.4) is 0 Å². The van der Waals surface area contributed by atoms with Gasteiger partial charge in [0, 0.05) is 22.5 Å². The van der Waals surface area contributed by atoms with Crippen LogP contribution in [0.25, 0.3) is 33.1 Å². The van der Waals surface area contributed by atoms with Gasteiger partial charge in [-0.2, -0.15) is 0 Å². The molecule has 2 aromatic carbocycles. The Morgan fingerprint density at radius 1 is 1.16 bits per heavy atom. The van der Waals surface area contributed by atoms with Crippen molar-refractivity contribution in [1.29, 1.82) is 0 Å². The Balaban J connectivity index is 1.66. The third-order valence-corrected chi connectivity index (χ3v) is 6.07. The van der Waals surface area contributed by atoms with Crippen LogP contribution in [0.1, 0.15) is 16.7 Å². The molecule has 5 rings (SSSR count). The van der Waals surface area contributed by atoms with Gasteiger partial charge in [-0.05, 0) is 36.6 Å². The van der Waals surface area contributed by atoms with Gasteiger partial charge in [-0.25, -0.2) is 9.78 Å². The minimum atomic E-state index is -0.520. The van der Waals surface area contributed by atoms with Crippen LogP contribution in [0.2, 0.25) is 0 Å². The Labute approximate surface area is 181 Å². The highest BCUT2D eigenvalue weighted by Crippen LogP contribution is 2.38. The molecule has 0 radical (unpaired) electrons. The molecule has 0 aliphatic rings. The molecule has 0 aliphatic carbocycles. The number of hydrogen-bond donors (Lipinski definition) is 1. The van der Waals surface area contributed by atoms with E-state index in [1.165, 1.54) is 11.3 Å². The molecule has 154 valence electrons. The molecule has 0 saturated carbocycles. The van der Waals surface area contributed by atoms with Crippen molar-refractivity contribution in [2.75, 3.05) is 5.32 Å². The van der Waals surface area contributed by atoms with Crippen molar-refractivity contribution in [3.63, 3.8) is 0 Å². The van der Waals surface area contributed by atoms with Crippen LogP contribution in [0.4, 0.5) is 5.13 Å². The van der Waals surface area contributed by atoms with Crippen molar-refractivity contribution in [3.8, 4) is 11.1 Å². The number of amides is 1. The molecule has 1 amide bonds. The van der Waals surface area contributed by atoms with Crippen LogP contribution < -0.4 is 10.9 Å². The fraction of sp³-hybridized carbons (Fsp3) is 0.125. The summed E-state index contributed by atoms with van der Waals surface area (Å²) in [5, 5.41) is 6.64. The average Bonchev–Trinajstić information content (AvgIpc) is 3.42. The first-order valence-electron chi connectivity index (χ1n) is 9.75. The largest absolute Gasteiger partial charge is 0.463 e. The fourth-order valence-electron chi connectivity index (χ4n) is 3.93. The predicted octanol–water partition coefficient (Wildman–Crippen LogP) is 5.46. The topological polar surface area (TPSA) is 85.3 Å². The molecule has 0 atom stereocenters. The van der Waals surface area contributed by atoms with Gasteiger partial charge in [0.15, 0.2) is 5.13 Å². The zero-order chi connectivity index (χ0) is 21.5. The van der Waals surface area contributed by atoms with Gasteiger partial charge in [0.25, 0.3) is 0 Å². The number of aryl methyl sites for hydroxylation is 2. The third-order valence-electron chi connectivity index (χ3n) is 5.38. The highest BCUT2D eigenvalue weighted by Gasteiger charge is 2.21. The van der Waals surface area contributed by atoms with Gasteiger partial charge in [0.1, 0.15) is 11.2 Å². The first-order chi connectivity index (χ1) is 15.0. The third kappa shape index (κ3) is 3.33. The second-order valence-electron chi connectivity index (χ2n) is 7.34. The lowest BCUT2D eigenvalue weighted by Crippen LogP contribution is -2.20. The molecule has 0 saturated heterocycles. The Hall–Kier alpha value is -3.71. The Morgan fingerprint density at radius 2 is 1.97 bits per heavy atom. The molecule has 5 aromatic rings. The van der Waals surface area contributed by atoms with Crippen LogP contribution in [-0.2, 0) is 11.2 Å². The normalized spacial score (nSPS) is 11.3. The number of furan rings is 1. The maximum atomic E-state index is 12.7. The lowest BCUT2D eigenvalue weighted by molar-refractivity contribution is -0.115. The minimum Gasteiger partial charge on any atom is -0.463 e. The van der Waals surface area contributed by atoms with Crippen LogP contribution in [0.15, 0.2) is 67.9 Å². The van der Waals surface area contributed by atoms with E-state index in [-0.39, 0.29) is 12.3 Å². The summed E-state index contributed by atoms with van der Waals surface area (Å²) in [5.41, 5.74) is 4.54. The predicted molar refractivity (Wildman–Crippen MR) is 122 cm³/mol. The van der Waals surface area contributed by atoms with E-state index in [1.54, 1.807) is 17.8 Å². The molecule has 6 nitrogen and oxygen atoms in total. The molecule has 1 N–H and O–H groups in total. The van der Waals surface area contributed by atoms with E-state index in [9.17, 15) is 9.59 Å². The molecule has 3 aromatic heterocycles. The SMILES string of the molecule is Cc1cc2oc(=O)c(CC(=O)Nc3nccs3)c(C)c2c2occ(-c3ccccc3)c12. The Bertz CT molecular complexity index is 1480. The number of aromatic nitrogens is 1. The monoisotopic (exact) mass is 430 g/mol. The van der Waals surface area contributed by atoms with Gasteiger partial charge < -0.3 is 14.2 Å². The Morgan fingerprint density at radius 3 is 2.71 bits per heavy atom. The molecule has 3 heterocycles. The number of nitrogens with zero attached hydrogens (tertiary/aromatic N) is 1. The minimum absolute atomic E-state index is 0.106. The second kappa shape index (κ2) is 7.52. The van der Waals surface area contributed by atoms with E-state index in [1.807, 2.05) is 50.2 Å². The summed E-state index contributed by atoms with van der Waals surface area (Å²) in [6.45, 7) is 3.79. The maximum absolute atomic E-state index is 12.7. The molecular weight excluding hydrogens is 412 g/mol. The summed E-state index contributed by atoms with van der Waals surface area (Å²) in [6, 6.07) is 11.8. The molecule has 0 fully saturated rings. The smallest absolute Gasteiger partial charge is 0.340 e. The standard InChI is InChI=1S/C24H18N2O4S/c1-13-10-18-21(22-20(13)17(12-29-22)15-6-4-3-5-7-15)14(2)16(23(28)30-18)11-19(27)26-24-25-8-9-31-24/h3-10,12H,11H2,1-2H3,(H,25,26,27). The van der Waals surface area contributed by atoms with Crippen molar-refractivity contribution < 1.29 is 13.6 Å². The summed E-state index contributed by atoms with van der Waals surface area (Å²) < 4.78 is 11.6. The molecule has 0 unspecified atom stereocenters. The van der Waals surface area contributed by atoms with Gasteiger partial charge in [-0.1, -0.05) is 30.3 Å².